The highest BCUT2D eigenvalue weighted by Gasteiger charge is 2.33. The molecule has 1 aliphatic heterocycles. The van der Waals surface area contributed by atoms with Gasteiger partial charge in [-0.05, 0) is 27.7 Å². The van der Waals surface area contributed by atoms with Crippen molar-refractivity contribution in [2.24, 2.45) is 0 Å². The van der Waals surface area contributed by atoms with E-state index in [1.54, 1.807) is 0 Å². The van der Waals surface area contributed by atoms with E-state index in [1.165, 1.54) is 0 Å². The third kappa shape index (κ3) is 5.46. The molecule has 1 heterocycles. The van der Waals surface area contributed by atoms with Gasteiger partial charge in [-0.25, -0.2) is 0 Å². The number of hydrogen-bond acceptors (Lipinski definition) is 4. The zero-order chi connectivity index (χ0) is 13.8. The third-order valence-corrected chi connectivity index (χ3v) is 2.51. The SMILES string of the molecule is CC(C)(C)NC(=O)CNC(=O)COC1(C)CNC1. The monoisotopic (exact) mass is 257 g/mol. The van der Waals surface area contributed by atoms with Gasteiger partial charge in [0.2, 0.25) is 11.8 Å². The van der Waals surface area contributed by atoms with Crippen LogP contribution >= 0.6 is 0 Å². The predicted molar refractivity (Wildman–Crippen MR) is 68.1 cm³/mol. The van der Waals surface area contributed by atoms with E-state index in [-0.39, 0.29) is 36.1 Å². The molecule has 3 N–H and O–H groups in total. The Morgan fingerprint density at radius 1 is 1.28 bits per heavy atom. The first-order chi connectivity index (χ1) is 8.20. The molecule has 0 bridgehead atoms. The van der Waals surface area contributed by atoms with Crippen molar-refractivity contribution in [2.45, 2.75) is 38.8 Å². The topological polar surface area (TPSA) is 79.5 Å². The van der Waals surface area contributed by atoms with Crippen LogP contribution in [0.5, 0.6) is 0 Å². The molecule has 0 aromatic carbocycles. The summed E-state index contributed by atoms with van der Waals surface area (Å²) in [5.74, 6) is -0.473. The number of nitrogens with one attached hydrogen (secondary N) is 3. The van der Waals surface area contributed by atoms with Crippen LogP contribution in [0.2, 0.25) is 0 Å². The van der Waals surface area contributed by atoms with Gasteiger partial charge in [0.1, 0.15) is 6.61 Å². The van der Waals surface area contributed by atoms with Crippen LogP contribution < -0.4 is 16.0 Å². The van der Waals surface area contributed by atoms with E-state index in [9.17, 15) is 9.59 Å². The fraction of sp³-hybridized carbons (Fsp3) is 0.833. The Kier molecular flexibility index (Phi) is 4.70. The lowest BCUT2D eigenvalue weighted by atomic mass is 10.0. The summed E-state index contributed by atoms with van der Waals surface area (Å²) in [5, 5.41) is 8.37. The zero-order valence-corrected chi connectivity index (χ0v) is 11.6. The standard InChI is InChI=1S/C12H23N3O3/c1-11(2,3)15-9(16)5-14-10(17)6-18-12(4)7-13-8-12/h13H,5-8H2,1-4H3,(H,14,17)(H,15,16). The molecule has 0 aliphatic carbocycles. The Morgan fingerprint density at radius 3 is 2.33 bits per heavy atom. The van der Waals surface area contributed by atoms with E-state index < -0.39 is 0 Å². The number of ether oxygens (including phenoxy) is 1. The fourth-order valence-electron chi connectivity index (χ4n) is 1.51. The first-order valence-electron chi connectivity index (χ1n) is 6.13. The van der Waals surface area contributed by atoms with E-state index in [4.69, 9.17) is 4.74 Å². The molecule has 1 saturated heterocycles. The minimum absolute atomic E-state index is 0.0129. The first kappa shape index (κ1) is 14.9. The molecule has 1 aliphatic rings. The van der Waals surface area contributed by atoms with Crippen LogP contribution in [0.4, 0.5) is 0 Å². The van der Waals surface area contributed by atoms with Crippen LogP contribution in [0, 0.1) is 0 Å². The lowest BCUT2D eigenvalue weighted by Crippen LogP contribution is -2.59. The van der Waals surface area contributed by atoms with Crippen molar-refractivity contribution < 1.29 is 14.3 Å². The van der Waals surface area contributed by atoms with Gasteiger partial charge in [0.05, 0.1) is 12.1 Å². The molecule has 0 atom stereocenters. The van der Waals surface area contributed by atoms with Crippen molar-refractivity contribution in [3.8, 4) is 0 Å². The van der Waals surface area contributed by atoms with Crippen LogP contribution in [-0.4, -0.2) is 49.2 Å². The van der Waals surface area contributed by atoms with Crippen molar-refractivity contribution in [1.82, 2.24) is 16.0 Å². The van der Waals surface area contributed by atoms with Crippen molar-refractivity contribution in [1.29, 1.82) is 0 Å². The summed E-state index contributed by atoms with van der Waals surface area (Å²) in [5.41, 5.74) is -0.533. The molecule has 0 aromatic heterocycles. The maximum atomic E-state index is 11.5. The average molecular weight is 257 g/mol. The number of carbonyl (C=O) groups is 2. The molecule has 0 unspecified atom stereocenters. The molecule has 0 radical (unpaired) electrons. The van der Waals surface area contributed by atoms with Gasteiger partial charge in [0.25, 0.3) is 0 Å². The molecular weight excluding hydrogens is 234 g/mol. The second-order valence-electron chi connectivity index (χ2n) is 5.92. The number of carbonyl (C=O) groups excluding carboxylic acids is 2. The Morgan fingerprint density at radius 2 is 1.89 bits per heavy atom. The van der Waals surface area contributed by atoms with Gasteiger partial charge in [-0.15, -0.1) is 0 Å². The van der Waals surface area contributed by atoms with Gasteiger partial charge >= 0.3 is 0 Å². The minimum Gasteiger partial charge on any atom is -0.363 e. The molecule has 104 valence electrons. The maximum Gasteiger partial charge on any atom is 0.246 e. The van der Waals surface area contributed by atoms with Crippen LogP contribution in [-0.2, 0) is 14.3 Å². The third-order valence-electron chi connectivity index (χ3n) is 2.51. The summed E-state index contributed by atoms with van der Waals surface area (Å²) >= 11 is 0. The smallest absolute Gasteiger partial charge is 0.246 e. The van der Waals surface area contributed by atoms with Crippen molar-refractivity contribution >= 4 is 11.8 Å². The normalized spacial score (nSPS) is 17.8. The quantitative estimate of drug-likeness (QED) is 0.614. The van der Waals surface area contributed by atoms with Crippen molar-refractivity contribution in [3.63, 3.8) is 0 Å². The summed E-state index contributed by atoms with van der Waals surface area (Å²) in [4.78, 5) is 22.9. The molecule has 1 rings (SSSR count). The molecule has 6 heteroatoms. The van der Waals surface area contributed by atoms with Gasteiger partial charge < -0.3 is 20.7 Å². The number of rotatable bonds is 5. The van der Waals surface area contributed by atoms with E-state index in [0.717, 1.165) is 13.1 Å². The van der Waals surface area contributed by atoms with Gasteiger partial charge in [0.15, 0.2) is 0 Å². The largest absolute Gasteiger partial charge is 0.363 e. The predicted octanol–water partition coefficient (Wildman–Crippen LogP) is -0.604. The average Bonchev–Trinajstić information content (AvgIpc) is 2.18. The summed E-state index contributed by atoms with van der Waals surface area (Å²) in [7, 11) is 0. The summed E-state index contributed by atoms with van der Waals surface area (Å²) in [6.07, 6.45) is 0. The van der Waals surface area contributed by atoms with Crippen molar-refractivity contribution in [3.05, 3.63) is 0 Å². The van der Waals surface area contributed by atoms with Gasteiger partial charge in [-0.3, -0.25) is 9.59 Å². The first-order valence-corrected chi connectivity index (χ1v) is 6.13. The van der Waals surface area contributed by atoms with Crippen LogP contribution in [0.3, 0.4) is 0 Å². The molecule has 18 heavy (non-hydrogen) atoms. The van der Waals surface area contributed by atoms with E-state index in [0.29, 0.717) is 0 Å². The Labute approximate surface area is 108 Å². The lowest BCUT2D eigenvalue weighted by Gasteiger charge is -2.38. The summed E-state index contributed by atoms with van der Waals surface area (Å²) in [6, 6.07) is 0. The van der Waals surface area contributed by atoms with E-state index >= 15 is 0 Å². The summed E-state index contributed by atoms with van der Waals surface area (Å²) in [6.45, 7) is 9.09. The highest BCUT2D eigenvalue weighted by molar-refractivity contribution is 5.85. The molecule has 2 amide bonds. The van der Waals surface area contributed by atoms with Crippen molar-refractivity contribution in [2.75, 3.05) is 26.2 Å². The highest BCUT2D eigenvalue weighted by Crippen LogP contribution is 2.14. The van der Waals surface area contributed by atoms with Crippen LogP contribution in [0.15, 0.2) is 0 Å². The minimum atomic E-state index is -0.288. The van der Waals surface area contributed by atoms with Crippen LogP contribution in [0.1, 0.15) is 27.7 Å². The van der Waals surface area contributed by atoms with Crippen LogP contribution in [0.25, 0.3) is 0 Å². The molecular formula is C12H23N3O3. The second kappa shape index (κ2) is 5.67. The number of hydrogen-bond donors (Lipinski definition) is 3. The Bertz CT molecular complexity index is 319. The van der Waals surface area contributed by atoms with Gasteiger partial charge in [-0.2, -0.15) is 0 Å². The molecule has 6 nitrogen and oxygen atoms in total. The maximum absolute atomic E-state index is 11.5. The molecule has 1 fully saturated rings. The summed E-state index contributed by atoms with van der Waals surface area (Å²) < 4.78 is 5.45. The lowest BCUT2D eigenvalue weighted by molar-refractivity contribution is -0.137. The Balaban J connectivity index is 2.15. The molecule has 0 aromatic rings. The Hall–Kier alpha value is -1.14. The fourth-order valence-corrected chi connectivity index (χ4v) is 1.51. The molecule has 0 spiro atoms. The van der Waals surface area contributed by atoms with E-state index in [2.05, 4.69) is 16.0 Å². The highest BCUT2D eigenvalue weighted by atomic mass is 16.5. The number of amides is 2. The second-order valence-corrected chi connectivity index (χ2v) is 5.92. The zero-order valence-electron chi connectivity index (χ0n) is 11.6. The molecule has 0 saturated carbocycles. The van der Waals surface area contributed by atoms with Gasteiger partial charge in [0, 0.05) is 18.6 Å². The van der Waals surface area contributed by atoms with Gasteiger partial charge in [-0.1, -0.05) is 0 Å². The van der Waals surface area contributed by atoms with E-state index in [1.807, 2.05) is 27.7 Å².